The lowest BCUT2D eigenvalue weighted by atomic mass is 9.89. The van der Waals surface area contributed by atoms with Crippen LogP contribution in [0.1, 0.15) is 124 Å². The van der Waals surface area contributed by atoms with Gasteiger partial charge in [0.1, 0.15) is 0 Å². The van der Waals surface area contributed by atoms with Crippen LogP contribution < -0.4 is 0 Å². The molecular weight excluding hydrogens is 330 g/mol. The predicted molar refractivity (Wildman–Crippen MR) is 110 cm³/mol. The lowest BCUT2D eigenvalue weighted by molar-refractivity contribution is 0.0102. The molecule has 0 saturated carbocycles. The zero-order valence-corrected chi connectivity index (χ0v) is 18.2. The first-order valence-electron chi connectivity index (χ1n) is 11.2. The van der Waals surface area contributed by atoms with Crippen LogP contribution in [0.4, 0.5) is 8.78 Å². The topological polar surface area (TPSA) is 9.23 Å². The molecule has 0 saturated heterocycles. The fraction of sp³-hybridized carbons (Fsp3) is 1.00. The second-order valence-electron chi connectivity index (χ2n) is 9.34. The molecule has 0 atom stereocenters. The number of ether oxygens (including phenoxy) is 1. The molecule has 0 spiro atoms. The van der Waals surface area contributed by atoms with Crippen molar-refractivity contribution in [3.8, 4) is 0 Å². The van der Waals surface area contributed by atoms with Crippen LogP contribution in [0.3, 0.4) is 0 Å². The SMILES string of the molecule is CC(C)(C)CCCCCCCCCCCOCCCCCCC(C)(F)F. The normalized spacial score (nSPS) is 12.7. The number of unbranched alkanes of at least 4 members (excludes halogenated alkanes) is 11. The lowest BCUT2D eigenvalue weighted by Crippen LogP contribution is -2.08. The summed E-state index contributed by atoms with van der Waals surface area (Å²) in [6.07, 6.45) is 17.0. The Hall–Kier alpha value is -0.180. The third-order valence-corrected chi connectivity index (χ3v) is 4.87. The number of hydrogen-bond donors (Lipinski definition) is 0. The van der Waals surface area contributed by atoms with E-state index in [0.717, 1.165) is 45.8 Å². The summed E-state index contributed by atoms with van der Waals surface area (Å²) >= 11 is 0. The van der Waals surface area contributed by atoms with Crippen molar-refractivity contribution in [2.45, 2.75) is 130 Å². The highest BCUT2D eigenvalue weighted by atomic mass is 19.3. The van der Waals surface area contributed by atoms with Gasteiger partial charge in [0, 0.05) is 19.6 Å². The van der Waals surface area contributed by atoms with E-state index < -0.39 is 5.92 Å². The van der Waals surface area contributed by atoms with E-state index in [1.54, 1.807) is 0 Å². The molecule has 158 valence electrons. The van der Waals surface area contributed by atoms with Gasteiger partial charge < -0.3 is 4.74 Å². The van der Waals surface area contributed by atoms with Gasteiger partial charge in [0.25, 0.3) is 0 Å². The Balaban J connectivity index is 3.07. The average molecular weight is 377 g/mol. The zero-order valence-electron chi connectivity index (χ0n) is 18.2. The molecule has 0 N–H and O–H groups in total. The van der Waals surface area contributed by atoms with Crippen molar-refractivity contribution in [3.63, 3.8) is 0 Å². The molecular formula is C23H46F2O. The van der Waals surface area contributed by atoms with E-state index in [0.29, 0.717) is 11.8 Å². The Morgan fingerprint density at radius 3 is 1.23 bits per heavy atom. The maximum Gasteiger partial charge on any atom is 0.245 e. The third kappa shape index (κ3) is 23.8. The molecule has 0 aliphatic rings. The van der Waals surface area contributed by atoms with E-state index in [4.69, 9.17) is 4.74 Å². The predicted octanol–water partition coefficient (Wildman–Crippen LogP) is 8.56. The van der Waals surface area contributed by atoms with Crippen molar-refractivity contribution in [3.05, 3.63) is 0 Å². The van der Waals surface area contributed by atoms with Crippen LogP contribution in [-0.2, 0) is 4.74 Å². The molecule has 0 fully saturated rings. The summed E-state index contributed by atoms with van der Waals surface area (Å²) in [5.41, 5.74) is 0.495. The molecule has 0 unspecified atom stereocenters. The van der Waals surface area contributed by atoms with Gasteiger partial charge in [0.2, 0.25) is 5.92 Å². The van der Waals surface area contributed by atoms with Gasteiger partial charge >= 0.3 is 0 Å². The monoisotopic (exact) mass is 376 g/mol. The first kappa shape index (κ1) is 25.8. The van der Waals surface area contributed by atoms with Crippen LogP contribution in [0.2, 0.25) is 0 Å². The molecule has 0 heterocycles. The Morgan fingerprint density at radius 1 is 0.500 bits per heavy atom. The van der Waals surface area contributed by atoms with Crippen LogP contribution in [0.15, 0.2) is 0 Å². The van der Waals surface area contributed by atoms with E-state index in [9.17, 15) is 8.78 Å². The number of alkyl halides is 2. The third-order valence-electron chi connectivity index (χ3n) is 4.87. The molecule has 0 aliphatic carbocycles. The van der Waals surface area contributed by atoms with Gasteiger partial charge in [0.05, 0.1) is 0 Å². The fourth-order valence-electron chi connectivity index (χ4n) is 3.19. The minimum atomic E-state index is -2.50. The maximum atomic E-state index is 12.6. The van der Waals surface area contributed by atoms with E-state index in [2.05, 4.69) is 20.8 Å². The van der Waals surface area contributed by atoms with Gasteiger partial charge in [-0.25, -0.2) is 8.78 Å². The Bertz CT molecular complexity index is 262. The van der Waals surface area contributed by atoms with Crippen molar-refractivity contribution in [2.24, 2.45) is 5.41 Å². The van der Waals surface area contributed by atoms with E-state index in [1.807, 2.05) is 0 Å². The minimum absolute atomic E-state index is 0.0186. The van der Waals surface area contributed by atoms with Crippen LogP contribution in [0.25, 0.3) is 0 Å². The molecule has 0 rings (SSSR count). The summed E-state index contributed by atoms with van der Waals surface area (Å²) < 4.78 is 30.9. The molecule has 1 nitrogen and oxygen atoms in total. The van der Waals surface area contributed by atoms with Crippen LogP contribution in [-0.4, -0.2) is 19.1 Å². The van der Waals surface area contributed by atoms with Crippen LogP contribution in [0.5, 0.6) is 0 Å². The molecule has 0 aromatic heterocycles. The van der Waals surface area contributed by atoms with E-state index >= 15 is 0 Å². The Morgan fingerprint density at radius 2 is 0.846 bits per heavy atom. The summed E-state index contributed by atoms with van der Waals surface area (Å²) in [7, 11) is 0. The minimum Gasteiger partial charge on any atom is -0.381 e. The molecule has 26 heavy (non-hydrogen) atoms. The second kappa shape index (κ2) is 15.8. The first-order valence-corrected chi connectivity index (χ1v) is 11.2. The molecule has 0 radical (unpaired) electrons. The standard InChI is InChI=1S/C23H46F2O/c1-22(2,3)18-14-10-8-6-5-7-9-12-16-20-26-21-17-13-11-15-19-23(4,24)25/h5-21H2,1-4H3. The Labute approximate surface area is 162 Å². The molecule has 3 heteroatoms. The van der Waals surface area contributed by atoms with Crippen molar-refractivity contribution >= 4 is 0 Å². The number of halogens is 2. The highest BCUT2D eigenvalue weighted by Crippen LogP contribution is 2.23. The quantitative estimate of drug-likeness (QED) is 0.218. The van der Waals surface area contributed by atoms with Crippen molar-refractivity contribution < 1.29 is 13.5 Å². The lowest BCUT2D eigenvalue weighted by Gasteiger charge is -2.17. The average Bonchev–Trinajstić information content (AvgIpc) is 2.51. The van der Waals surface area contributed by atoms with Gasteiger partial charge in [-0.2, -0.15) is 0 Å². The van der Waals surface area contributed by atoms with Crippen molar-refractivity contribution in [1.82, 2.24) is 0 Å². The second-order valence-corrected chi connectivity index (χ2v) is 9.34. The van der Waals surface area contributed by atoms with Gasteiger partial charge in [-0.3, -0.25) is 0 Å². The van der Waals surface area contributed by atoms with Crippen molar-refractivity contribution in [2.75, 3.05) is 13.2 Å². The van der Waals surface area contributed by atoms with E-state index in [-0.39, 0.29) is 6.42 Å². The first-order chi connectivity index (χ1) is 12.2. The van der Waals surface area contributed by atoms with Crippen molar-refractivity contribution in [1.29, 1.82) is 0 Å². The summed E-state index contributed by atoms with van der Waals surface area (Å²) in [5, 5.41) is 0. The summed E-state index contributed by atoms with van der Waals surface area (Å²) in [6, 6.07) is 0. The largest absolute Gasteiger partial charge is 0.381 e. The summed E-state index contributed by atoms with van der Waals surface area (Å²) in [5.74, 6) is -2.50. The molecule has 0 aromatic rings. The Kier molecular flexibility index (Phi) is 15.7. The van der Waals surface area contributed by atoms with Gasteiger partial charge in [0.15, 0.2) is 0 Å². The molecule has 0 aliphatic heterocycles. The smallest absolute Gasteiger partial charge is 0.245 e. The highest BCUT2D eigenvalue weighted by molar-refractivity contribution is 4.61. The maximum absolute atomic E-state index is 12.6. The number of hydrogen-bond acceptors (Lipinski definition) is 1. The fourth-order valence-corrected chi connectivity index (χ4v) is 3.19. The molecule has 0 amide bonds. The van der Waals surface area contributed by atoms with Gasteiger partial charge in [-0.1, -0.05) is 85.0 Å². The number of rotatable bonds is 18. The molecule has 0 bridgehead atoms. The summed E-state index contributed by atoms with van der Waals surface area (Å²) in [6.45, 7) is 9.64. The van der Waals surface area contributed by atoms with E-state index in [1.165, 1.54) is 57.8 Å². The van der Waals surface area contributed by atoms with Crippen LogP contribution in [0, 0.1) is 5.41 Å². The van der Waals surface area contributed by atoms with Crippen LogP contribution >= 0.6 is 0 Å². The van der Waals surface area contributed by atoms with Gasteiger partial charge in [-0.05, 0) is 38.0 Å². The summed E-state index contributed by atoms with van der Waals surface area (Å²) in [4.78, 5) is 0. The van der Waals surface area contributed by atoms with Gasteiger partial charge in [-0.15, -0.1) is 0 Å². The molecule has 0 aromatic carbocycles. The zero-order chi connectivity index (χ0) is 19.7. The highest BCUT2D eigenvalue weighted by Gasteiger charge is 2.19.